The summed E-state index contributed by atoms with van der Waals surface area (Å²) < 4.78 is 7.01. The van der Waals surface area contributed by atoms with E-state index in [2.05, 4.69) is 26.9 Å². The number of hydrogen-bond acceptors (Lipinski definition) is 5. The summed E-state index contributed by atoms with van der Waals surface area (Å²) in [4.78, 5) is 0. The van der Waals surface area contributed by atoms with Gasteiger partial charge in [-0.15, -0.1) is 5.10 Å². The third-order valence-electron chi connectivity index (χ3n) is 2.69. The third kappa shape index (κ3) is 3.04. The lowest BCUT2D eigenvalue weighted by Gasteiger charge is -2.06. The number of nitrogens with zero attached hydrogens (tertiary/aromatic N) is 4. The molecule has 6 heteroatoms. The summed E-state index contributed by atoms with van der Waals surface area (Å²) in [6.07, 6.45) is 0.874. The molecule has 0 saturated carbocycles. The fourth-order valence-corrected chi connectivity index (χ4v) is 1.74. The molecule has 96 valence electrons. The Balaban J connectivity index is 1.99. The van der Waals surface area contributed by atoms with Crippen LogP contribution in [0.4, 0.5) is 0 Å². The van der Waals surface area contributed by atoms with E-state index in [1.807, 2.05) is 29.9 Å². The Kier molecular flexibility index (Phi) is 4.25. The van der Waals surface area contributed by atoms with Crippen LogP contribution in [0.5, 0.6) is 5.75 Å². The van der Waals surface area contributed by atoms with Crippen LogP contribution < -0.4 is 10.1 Å². The maximum Gasteiger partial charge on any atom is 0.165 e. The fourth-order valence-electron chi connectivity index (χ4n) is 1.74. The van der Waals surface area contributed by atoms with Crippen LogP contribution in [0, 0.1) is 0 Å². The van der Waals surface area contributed by atoms with E-state index < -0.39 is 0 Å². The zero-order valence-corrected chi connectivity index (χ0v) is 10.6. The van der Waals surface area contributed by atoms with E-state index in [-0.39, 0.29) is 0 Å². The molecule has 1 heterocycles. The highest BCUT2D eigenvalue weighted by Crippen LogP contribution is 2.13. The molecule has 0 radical (unpaired) electrons. The molecular weight excluding hydrogens is 230 g/mol. The van der Waals surface area contributed by atoms with Crippen molar-refractivity contribution in [3.8, 4) is 5.75 Å². The van der Waals surface area contributed by atoms with E-state index in [0.29, 0.717) is 6.54 Å². The normalized spacial score (nSPS) is 10.6. The minimum absolute atomic E-state index is 0.672. The first-order valence-electron chi connectivity index (χ1n) is 5.86. The molecule has 0 unspecified atom stereocenters. The Hall–Kier alpha value is -1.95. The molecule has 2 aromatic rings. The highest BCUT2D eigenvalue weighted by molar-refractivity contribution is 5.28. The van der Waals surface area contributed by atoms with E-state index in [1.165, 1.54) is 5.56 Å². The van der Waals surface area contributed by atoms with Crippen LogP contribution in [0.25, 0.3) is 0 Å². The summed E-state index contributed by atoms with van der Waals surface area (Å²) in [7, 11) is 3.55. The Morgan fingerprint density at radius 3 is 3.06 bits per heavy atom. The van der Waals surface area contributed by atoms with Crippen molar-refractivity contribution in [2.75, 3.05) is 14.2 Å². The Bertz CT molecular complexity index is 497. The number of ether oxygens (including phenoxy) is 1. The molecule has 0 fully saturated rings. The number of benzene rings is 1. The molecule has 0 bridgehead atoms. The van der Waals surface area contributed by atoms with Crippen molar-refractivity contribution in [1.82, 2.24) is 25.5 Å². The van der Waals surface area contributed by atoms with Gasteiger partial charge in [-0.25, -0.2) is 4.68 Å². The quantitative estimate of drug-likeness (QED) is 0.811. The second-order valence-electron chi connectivity index (χ2n) is 3.95. The van der Waals surface area contributed by atoms with E-state index in [9.17, 15) is 0 Å². The van der Waals surface area contributed by atoms with E-state index >= 15 is 0 Å². The van der Waals surface area contributed by atoms with Gasteiger partial charge in [0.05, 0.1) is 13.7 Å². The van der Waals surface area contributed by atoms with Crippen molar-refractivity contribution >= 4 is 0 Å². The number of aryl methyl sites for hydroxylation is 2. The van der Waals surface area contributed by atoms with Gasteiger partial charge >= 0.3 is 0 Å². The molecule has 2 rings (SSSR count). The van der Waals surface area contributed by atoms with Crippen molar-refractivity contribution in [2.24, 2.45) is 0 Å². The average Bonchev–Trinajstić information content (AvgIpc) is 2.85. The zero-order valence-electron chi connectivity index (χ0n) is 10.6. The molecule has 0 aliphatic heterocycles. The number of tetrazole rings is 1. The summed E-state index contributed by atoms with van der Waals surface area (Å²) in [5, 5.41) is 14.7. The Morgan fingerprint density at radius 1 is 1.39 bits per heavy atom. The van der Waals surface area contributed by atoms with Gasteiger partial charge in [0.1, 0.15) is 5.75 Å². The Labute approximate surface area is 106 Å². The van der Waals surface area contributed by atoms with Crippen molar-refractivity contribution in [3.05, 3.63) is 35.7 Å². The maximum atomic E-state index is 5.20. The summed E-state index contributed by atoms with van der Waals surface area (Å²) in [6.45, 7) is 1.43. The van der Waals surface area contributed by atoms with Gasteiger partial charge in [-0.2, -0.15) is 0 Å². The first-order chi connectivity index (χ1) is 8.83. The molecule has 0 aliphatic rings. The monoisotopic (exact) mass is 247 g/mol. The smallest absolute Gasteiger partial charge is 0.165 e. The fraction of sp³-hybridized carbons (Fsp3) is 0.417. The van der Waals surface area contributed by atoms with Crippen LogP contribution in [-0.4, -0.2) is 34.4 Å². The summed E-state index contributed by atoms with van der Waals surface area (Å²) in [5.74, 6) is 1.72. The third-order valence-corrected chi connectivity index (χ3v) is 2.69. The van der Waals surface area contributed by atoms with Crippen molar-refractivity contribution in [2.45, 2.75) is 19.5 Å². The predicted octanol–water partition coefficient (Wildman–Crippen LogP) is 0.644. The number of nitrogens with one attached hydrogen (secondary N) is 1. The molecule has 1 aromatic carbocycles. The van der Waals surface area contributed by atoms with Crippen molar-refractivity contribution in [1.29, 1.82) is 0 Å². The molecule has 1 aromatic heterocycles. The van der Waals surface area contributed by atoms with Gasteiger partial charge in [0.2, 0.25) is 0 Å². The lowest BCUT2D eigenvalue weighted by molar-refractivity contribution is 0.414. The summed E-state index contributed by atoms with van der Waals surface area (Å²) in [6, 6.07) is 8.03. The molecular formula is C12H17N5O. The minimum atomic E-state index is 0.672. The van der Waals surface area contributed by atoms with Crippen molar-refractivity contribution < 1.29 is 4.74 Å². The lowest BCUT2D eigenvalue weighted by atomic mass is 10.1. The van der Waals surface area contributed by atoms with E-state index in [1.54, 1.807) is 7.11 Å². The van der Waals surface area contributed by atoms with Gasteiger partial charge < -0.3 is 10.1 Å². The predicted molar refractivity (Wildman–Crippen MR) is 67.3 cm³/mol. The minimum Gasteiger partial charge on any atom is -0.497 e. The largest absolute Gasteiger partial charge is 0.497 e. The van der Waals surface area contributed by atoms with E-state index in [0.717, 1.165) is 24.5 Å². The first-order valence-corrected chi connectivity index (χ1v) is 5.86. The molecule has 1 N–H and O–H groups in total. The molecule has 18 heavy (non-hydrogen) atoms. The topological polar surface area (TPSA) is 64.9 Å². The van der Waals surface area contributed by atoms with Gasteiger partial charge in [0.25, 0.3) is 0 Å². The zero-order chi connectivity index (χ0) is 12.8. The van der Waals surface area contributed by atoms with Gasteiger partial charge in [0.15, 0.2) is 5.82 Å². The number of hydrogen-bond donors (Lipinski definition) is 1. The van der Waals surface area contributed by atoms with Crippen LogP contribution in [0.15, 0.2) is 24.3 Å². The van der Waals surface area contributed by atoms with Gasteiger partial charge in [-0.05, 0) is 41.6 Å². The highest BCUT2D eigenvalue weighted by Gasteiger charge is 2.05. The maximum absolute atomic E-state index is 5.20. The second-order valence-corrected chi connectivity index (χ2v) is 3.95. The van der Waals surface area contributed by atoms with E-state index in [4.69, 9.17) is 4.74 Å². The first kappa shape index (κ1) is 12.5. The number of rotatable bonds is 6. The van der Waals surface area contributed by atoms with Crippen LogP contribution >= 0.6 is 0 Å². The van der Waals surface area contributed by atoms with Crippen LogP contribution in [0.1, 0.15) is 11.4 Å². The molecule has 0 saturated heterocycles. The Morgan fingerprint density at radius 2 is 2.28 bits per heavy atom. The SMILES string of the molecule is CNCc1nnnn1CCc1cccc(OC)c1. The second kappa shape index (κ2) is 6.11. The number of aromatic nitrogens is 4. The standard InChI is InChI=1S/C12H17N5O/c1-13-9-12-14-15-16-17(12)7-6-10-4-3-5-11(8-10)18-2/h3-5,8,13H,6-7,9H2,1-2H3. The van der Waals surface area contributed by atoms with Crippen LogP contribution in [0.2, 0.25) is 0 Å². The van der Waals surface area contributed by atoms with Crippen LogP contribution in [-0.2, 0) is 19.5 Å². The van der Waals surface area contributed by atoms with Gasteiger partial charge in [-0.3, -0.25) is 0 Å². The lowest BCUT2D eigenvalue weighted by Crippen LogP contribution is -2.14. The molecule has 0 aliphatic carbocycles. The summed E-state index contributed by atoms with van der Waals surface area (Å²) >= 11 is 0. The molecule has 0 atom stereocenters. The molecule has 6 nitrogen and oxygen atoms in total. The van der Waals surface area contributed by atoms with Gasteiger partial charge in [0, 0.05) is 6.54 Å². The van der Waals surface area contributed by atoms with Crippen LogP contribution in [0.3, 0.4) is 0 Å². The molecule has 0 amide bonds. The molecule has 0 spiro atoms. The highest BCUT2D eigenvalue weighted by atomic mass is 16.5. The number of methoxy groups -OCH3 is 1. The van der Waals surface area contributed by atoms with Gasteiger partial charge in [-0.1, -0.05) is 12.1 Å². The summed E-state index contributed by atoms with van der Waals surface area (Å²) in [5.41, 5.74) is 1.21. The van der Waals surface area contributed by atoms with Crippen molar-refractivity contribution in [3.63, 3.8) is 0 Å². The average molecular weight is 247 g/mol.